The minimum atomic E-state index is 0.231. The fourth-order valence-corrected chi connectivity index (χ4v) is 1.39. The molecule has 0 unspecified atom stereocenters. The summed E-state index contributed by atoms with van der Waals surface area (Å²) < 4.78 is 11.1. The lowest BCUT2D eigenvalue weighted by Crippen LogP contribution is -1.95. The van der Waals surface area contributed by atoms with E-state index >= 15 is 0 Å². The second-order valence-electron chi connectivity index (χ2n) is 3.35. The number of benzene rings is 2. The van der Waals surface area contributed by atoms with Crippen LogP contribution in [0.15, 0.2) is 54.6 Å². The van der Waals surface area contributed by atoms with Crippen LogP contribution in [0.25, 0.3) is 0 Å². The summed E-state index contributed by atoms with van der Waals surface area (Å²) in [6, 6.07) is 17.0. The summed E-state index contributed by atoms with van der Waals surface area (Å²) in [4.78, 5) is 0. The largest absolute Gasteiger partial charge is 0.477 e. The fourth-order valence-electron chi connectivity index (χ4n) is 1.39. The van der Waals surface area contributed by atoms with Crippen molar-refractivity contribution in [2.75, 3.05) is 6.61 Å². The van der Waals surface area contributed by atoms with E-state index in [0.717, 1.165) is 5.75 Å². The SMILES string of the molecule is C#CCOc1ccccc1Oc1ccccc1. The fraction of sp³-hybridized carbons (Fsp3) is 0.0667. The second-order valence-corrected chi connectivity index (χ2v) is 3.35. The van der Waals surface area contributed by atoms with Crippen LogP contribution < -0.4 is 9.47 Å². The highest BCUT2D eigenvalue weighted by Gasteiger charge is 2.04. The van der Waals surface area contributed by atoms with Crippen molar-refractivity contribution in [1.82, 2.24) is 0 Å². The molecule has 2 aromatic rings. The zero-order chi connectivity index (χ0) is 11.9. The maximum atomic E-state index is 5.71. The van der Waals surface area contributed by atoms with Crippen LogP contribution >= 0.6 is 0 Å². The highest BCUT2D eigenvalue weighted by Crippen LogP contribution is 2.30. The predicted octanol–water partition coefficient (Wildman–Crippen LogP) is 3.49. The van der Waals surface area contributed by atoms with E-state index in [1.807, 2.05) is 54.6 Å². The standard InChI is InChI=1S/C15H12O2/c1-2-12-16-14-10-6-7-11-15(14)17-13-8-4-3-5-9-13/h1,3-11H,12H2. The molecule has 0 aromatic heterocycles. The minimum absolute atomic E-state index is 0.231. The van der Waals surface area contributed by atoms with Crippen LogP contribution in [-0.4, -0.2) is 6.61 Å². The Balaban J connectivity index is 2.18. The van der Waals surface area contributed by atoms with Gasteiger partial charge in [0, 0.05) is 0 Å². The molecule has 0 N–H and O–H groups in total. The van der Waals surface area contributed by atoms with E-state index in [2.05, 4.69) is 5.92 Å². The van der Waals surface area contributed by atoms with E-state index in [1.54, 1.807) is 0 Å². The number of ether oxygens (including phenoxy) is 2. The molecule has 0 aliphatic carbocycles. The first-order chi connectivity index (χ1) is 8.40. The van der Waals surface area contributed by atoms with Gasteiger partial charge in [-0.25, -0.2) is 0 Å². The lowest BCUT2D eigenvalue weighted by Gasteiger charge is -2.10. The van der Waals surface area contributed by atoms with Gasteiger partial charge in [0.15, 0.2) is 11.5 Å². The Morgan fingerprint density at radius 3 is 2.24 bits per heavy atom. The summed E-state index contributed by atoms with van der Waals surface area (Å²) in [6.45, 7) is 0.231. The van der Waals surface area contributed by atoms with E-state index in [0.29, 0.717) is 11.5 Å². The third-order valence-electron chi connectivity index (χ3n) is 2.13. The molecule has 84 valence electrons. The van der Waals surface area contributed by atoms with Crippen molar-refractivity contribution in [3.8, 4) is 29.6 Å². The second kappa shape index (κ2) is 5.62. The maximum Gasteiger partial charge on any atom is 0.169 e. The zero-order valence-corrected chi connectivity index (χ0v) is 9.30. The van der Waals surface area contributed by atoms with Crippen LogP contribution in [0.3, 0.4) is 0 Å². The molecule has 0 spiro atoms. The van der Waals surface area contributed by atoms with Gasteiger partial charge in [-0.2, -0.15) is 0 Å². The van der Waals surface area contributed by atoms with Gasteiger partial charge in [-0.15, -0.1) is 6.42 Å². The maximum absolute atomic E-state index is 5.71. The Morgan fingerprint density at radius 1 is 0.882 bits per heavy atom. The van der Waals surface area contributed by atoms with Gasteiger partial charge in [0.2, 0.25) is 0 Å². The van der Waals surface area contributed by atoms with Crippen LogP contribution in [0.1, 0.15) is 0 Å². The molecule has 0 amide bonds. The van der Waals surface area contributed by atoms with Gasteiger partial charge in [-0.05, 0) is 24.3 Å². The molecular weight excluding hydrogens is 212 g/mol. The lowest BCUT2D eigenvalue weighted by atomic mass is 10.3. The molecule has 17 heavy (non-hydrogen) atoms. The summed E-state index contributed by atoms with van der Waals surface area (Å²) in [5, 5.41) is 0. The summed E-state index contributed by atoms with van der Waals surface area (Å²) >= 11 is 0. The molecule has 0 aliphatic heterocycles. The van der Waals surface area contributed by atoms with E-state index in [1.165, 1.54) is 0 Å². The smallest absolute Gasteiger partial charge is 0.169 e. The Hall–Kier alpha value is -2.40. The monoisotopic (exact) mass is 224 g/mol. The number of hydrogen-bond donors (Lipinski definition) is 0. The van der Waals surface area contributed by atoms with E-state index < -0.39 is 0 Å². The van der Waals surface area contributed by atoms with Crippen molar-refractivity contribution in [1.29, 1.82) is 0 Å². The quantitative estimate of drug-likeness (QED) is 0.740. The van der Waals surface area contributed by atoms with Crippen molar-refractivity contribution in [3.05, 3.63) is 54.6 Å². The van der Waals surface area contributed by atoms with Crippen molar-refractivity contribution in [2.24, 2.45) is 0 Å². The molecule has 0 heterocycles. The molecule has 2 nitrogen and oxygen atoms in total. The van der Waals surface area contributed by atoms with Gasteiger partial charge >= 0.3 is 0 Å². The van der Waals surface area contributed by atoms with Crippen LogP contribution in [0.4, 0.5) is 0 Å². The molecule has 0 fully saturated rings. The van der Waals surface area contributed by atoms with Crippen molar-refractivity contribution in [2.45, 2.75) is 0 Å². The first-order valence-corrected chi connectivity index (χ1v) is 5.28. The molecule has 0 saturated heterocycles. The predicted molar refractivity (Wildman–Crippen MR) is 67.3 cm³/mol. The molecule has 0 saturated carbocycles. The summed E-state index contributed by atoms with van der Waals surface area (Å²) in [6.07, 6.45) is 5.16. The first-order valence-electron chi connectivity index (χ1n) is 5.28. The van der Waals surface area contributed by atoms with E-state index in [9.17, 15) is 0 Å². The Labute approximate surface area is 101 Å². The Bertz CT molecular complexity index is 512. The summed E-state index contributed by atoms with van der Waals surface area (Å²) in [5.41, 5.74) is 0. The van der Waals surface area contributed by atoms with Gasteiger partial charge in [-0.1, -0.05) is 36.3 Å². The van der Waals surface area contributed by atoms with Gasteiger partial charge in [0.1, 0.15) is 12.4 Å². The average Bonchev–Trinajstić information content (AvgIpc) is 2.39. The van der Waals surface area contributed by atoms with Gasteiger partial charge in [0.05, 0.1) is 0 Å². The molecule has 2 aromatic carbocycles. The normalized spacial score (nSPS) is 9.35. The Kier molecular flexibility index (Phi) is 3.67. The molecular formula is C15H12O2. The van der Waals surface area contributed by atoms with Crippen LogP contribution in [0, 0.1) is 12.3 Å². The highest BCUT2D eigenvalue weighted by molar-refractivity contribution is 5.42. The van der Waals surface area contributed by atoms with Crippen molar-refractivity contribution < 1.29 is 9.47 Å². The number of hydrogen-bond acceptors (Lipinski definition) is 2. The molecule has 2 heteroatoms. The summed E-state index contributed by atoms with van der Waals surface area (Å²) in [7, 11) is 0. The molecule has 0 radical (unpaired) electrons. The number of rotatable bonds is 4. The first kappa shape index (κ1) is 11.1. The molecule has 0 bridgehead atoms. The van der Waals surface area contributed by atoms with E-state index in [4.69, 9.17) is 15.9 Å². The Morgan fingerprint density at radius 2 is 1.53 bits per heavy atom. The summed E-state index contributed by atoms with van der Waals surface area (Å²) in [5.74, 6) is 4.51. The van der Waals surface area contributed by atoms with Crippen LogP contribution in [0.5, 0.6) is 17.2 Å². The van der Waals surface area contributed by atoms with E-state index in [-0.39, 0.29) is 6.61 Å². The van der Waals surface area contributed by atoms with Crippen LogP contribution in [0.2, 0.25) is 0 Å². The molecule has 0 aliphatic rings. The molecule has 0 atom stereocenters. The van der Waals surface area contributed by atoms with Crippen LogP contribution in [-0.2, 0) is 0 Å². The number of terminal acetylenes is 1. The van der Waals surface area contributed by atoms with Crippen molar-refractivity contribution in [3.63, 3.8) is 0 Å². The van der Waals surface area contributed by atoms with Gasteiger partial charge in [-0.3, -0.25) is 0 Å². The third-order valence-corrected chi connectivity index (χ3v) is 2.13. The topological polar surface area (TPSA) is 18.5 Å². The minimum Gasteiger partial charge on any atom is -0.477 e. The van der Waals surface area contributed by atoms with Crippen molar-refractivity contribution >= 4 is 0 Å². The number of para-hydroxylation sites is 3. The van der Waals surface area contributed by atoms with Gasteiger partial charge < -0.3 is 9.47 Å². The molecule has 2 rings (SSSR count). The average molecular weight is 224 g/mol. The van der Waals surface area contributed by atoms with Gasteiger partial charge in [0.25, 0.3) is 0 Å². The third kappa shape index (κ3) is 3.02. The highest BCUT2D eigenvalue weighted by atomic mass is 16.5. The lowest BCUT2D eigenvalue weighted by molar-refractivity contribution is 0.346. The zero-order valence-electron chi connectivity index (χ0n) is 9.30.